The third-order valence-electron chi connectivity index (χ3n) is 7.56. The Kier molecular flexibility index (Phi) is 19.8. The van der Waals surface area contributed by atoms with Gasteiger partial charge in [-0.3, -0.25) is 4.57 Å². The zero-order valence-corrected chi connectivity index (χ0v) is 27.1. The maximum absolute atomic E-state index is 12.2. The Labute approximate surface area is 252 Å². The van der Waals surface area contributed by atoms with Crippen molar-refractivity contribution in [3.05, 3.63) is 17.1 Å². The number of phosphoric ester groups is 1. The van der Waals surface area contributed by atoms with Gasteiger partial charge in [-0.05, 0) is 19.3 Å². The molecule has 238 valence electrons. The highest BCUT2D eigenvalue weighted by atomic mass is 32.1. The highest BCUT2D eigenvalue weighted by Gasteiger charge is 2.38. The van der Waals surface area contributed by atoms with Crippen molar-refractivity contribution < 1.29 is 37.3 Å². The van der Waals surface area contributed by atoms with Gasteiger partial charge in [-0.1, -0.05) is 115 Å². The van der Waals surface area contributed by atoms with Crippen molar-refractivity contribution in [2.75, 3.05) is 33.0 Å². The Morgan fingerprint density at radius 2 is 1.56 bits per heavy atom. The van der Waals surface area contributed by atoms with Crippen LogP contribution in [0, 0.1) is 0 Å². The van der Waals surface area contributed by atoms with E-state index in [0.717, 1.165) is 19.3 Å². The number of amides is 1. The summed E-state index contributed by atoms with van der Waals surface area (Å²) in [4.78, 5) is 24.4. The van der Waals surface area contributed by atoms with Crippen molar-refractivity contribution in [1.82, 2.24) is 5.32 Å². The molecule has 0 radical (unpaired) electrons. The number of carbonyl (C=O) groups is 1. The molecular weight excluding hydrogens is 563 g/mol. The van der Waals surface area contributed by atoms with Gasteiger partial charge in [0.1, 0.15) is 18.8 Å². The van der Waals surface area contributed by atoms with Crippen molar-refractivity contribution in [3.63, 3.8) is 0 Å². The molecule has 0 saturated carbocycles. The molecule has 41 heavy (non-hydrogen) atoms. The summed E-state index contributed by atoms with van der Waals surface area (Å²) in [7, 11) is -4.50. The number of hydrogen-bond donors (Lipinski definition) is 1. The Balaban J connectivity index is 1.43. The molecule has 0 aliphatic carbocycles. The second kappa shape index (κ2) is 22.5. The third-order valence-corrected chi connectivity index (χ3v) is 9.18. The minimum Gasteiger partial charge on any atom is -0.756 e. The number of nitrogens with zero attached hydrogens (tertiary/aromatic N) is 1. The van der Waals surface area contributed by atoms with Gasteiger partial charge in [0.15, 0.2) is 12.7 Å². The van der Waals surface area contributed by atoms with E-state index in [1.54, 1.807) is 0 Å². The fourth-order valence-corrected chi connectivity index (χ4v) is 6.42. The lowest BCUT2D eigenvalue weighted by Gasteiger charge is -2.31. The van der Waals surface area contributed by atoms with Crippen LogP contribution in [0.5, 0.6) is 0 Å². The van der Waals surface area contributed by atoms with E-state index in [9.17, 15) is 14.3 Å². The van der Waals surface area contributed by atoms with Crippen LogP contribution in [0.4, 0.5) is 4.79 Å². The minimum atomic E-state index is -4.50. The molecule has 1 N–H and O–H groups in total. The lowest BCUT2D eigenvalue weighted by atomic mass is 10.0. The number of ether oxygens (including phenoxy) is 2. The fraction of sp³-hybridized carbons (Fsp3) is 0.867. The van der Waals surface area contributed by atoms with Gasteiger partial charge in [-0.25, -0.2) is 4.79 Å². The Bertz CT molecular complexity index is 822. The largest absolute Gasteiger partial charge is 0.756 e. The number of carbonyl (C=O) groups excluding carboxylic acids is 1. The number of aromatic nitrogens is 1. The Morgan fingerprint density at radius 3 is 2.10 bits per heavy atom. The van der Waals surface area contributed by atoms with Gasteiger partial charge in [0, 0.05) is 13.2 Å². The first-order chi connectivity index (χ1) is 19.9. The highest BCUT2D eigenvalue weighted by molar-refractivity contribution is 7.45. The van der Waals surface area contributed by atoms with Crippen LogP contribution < -0.4 is 14.8 Å². The molecule has 2 heterocycles. The Hall–Kier alpha value is -1.03. The van der Waals surface area contributed by atoms with Crippen molar-refractivity contribution in [2.45, 2.75) is 135 Å². The predicted molar refractivity (Wildman–Crippen MR) is 161 cm³/mol. The van der Waals surface area contributed by atoms with Crippen molar-refractivity contribution in [3.8, 4) is 0 Å². The first kappa shape index (κ1) is 36.2. The number of hydrogen-bond acceptors (Lipinski definition) is 8. The van der Waals surface area contributed by atoms with Crippen LogP contribution in [0.15, 0.2) is 17.1 Å². The second-order valence-electron chi connectivity index (χ2n) is 11.3. The quantitative estimate of drug-likeness (QED) is 0.0672. The molecule has 2 rings (SSSR count). The summed E-state index contributed by atoms with van der Waals surface area (Å²) in [5.41, 5.74) is 0.890. The monoisotopic (exact) mass is 618 g/mol. The molecule has 11 heteroatoms. The standard InChI is InChI=1S/C30H55N2O7PS/c1-2-3-4-5-6-7-8-9-10-11-12-13-14-15-16-17-20-31-29(33)36-26-30(19-18-23-37-30)27-39-40(34,35)38-24-21-32-22-25-41-28-32/h22,25,28H,2-21,23-24,26-27H2,1H3,(H-,31,33,34,35)/t30-/m1/s1. The van der Waals surface area contributed by atoms with Crippen molar-refractivity contribution in [2.24, 2.45) is 0 Å². The molecular formula is C30H55N2O7PS. The van der Waals surface area contributed by atoms with Crippen LogP contribution in [-0.2, 0) is 29.6 Å². The summed E-state index contributed by atoms with van der Waals surface area (Å²) in [6.45, 7) is 3.37. The highest BCUT2D eigenvalue weighted by Crippen LogP contribution is 2.41. The van der Waals surface area contributed by atoms with Crippen LogP contribution in [0.1, 0.15) is 122 Å². The van der Waals surface area contributed by atoms with E-state index in [1.807, 2.05) is 21.7 Å². The first-order valence-electron chi connectivity index (χ1n) is 16.0. The zero-order chi connectivity index (χ0) is 29.5. The lowest BCUT2D eigenvalue weighted by molar-refractivity contribution is -0.693. The lowest BCUT2D eigenvalue weighted by Crippen LogP contribution is -2.41. The molecule has 1 fully saturated rings. The molecule has 1 aromatic rings. The smallest absolute Gasteiger partial charge is 0.407 e. The van der Waals surface area contributed by atoms with Gasteiger partial charge in [-0.2, -0.15) is 4.57 Å². The summed E-state index contributed by atoms with van der Waals surface area (Å²) in [5, 5.41) is 4.68. The normalized spacial score (nSPS) is 18.4. The van der Waals surface area contributed by atoms with Crippen LogP contribution >= 0.6 is 19.2 Å². The molecule has 1 aromatic heterocycles. The predicted octanol–water partition coefficient (Wildman–Crippen LogP) is 7.07. The van der Waals surface area contributed by atoms with E-state index in [4.69, 9.17) is 18.5 Å². The van der Waals surface area contributed by atoms with Gasteiger partial charge >= 0.3 is 6.09 Å². The second-order valence-corrected chi connectivity index (χ2v) is 13.4. The number of nitrogens with one attached hydrogen (secondary N) is 1. The number of rotatable bonds is 26. The number of alkyl carbamates (subject to hydrolysis) is 1. The fourth-order valence-electron chi connectivity index (χ4n) is 5.02. The molecule has 0 aromatic carbocycles. The minimum absolute atomic E-state index is 0.0195. The molecule has 2 atom stereocenters. The van der Waals surface area contributed by atoms with Crippen LogP contribution in [-0.4, -0.2) is 44.7 Å². The van der Waals surface area contributed by atoms with E-state index in [-0.39, 0.29) is 19.8 Å². The van der Waals surface area contributed by atoms with Crippen LogP contribution in [0.3, 0.4) is 0 Å². The van der Waals surface area contributed by atoms with E-state index >= 15 is 0 Å². The number of phosphoric acid groups is 1. The van der Waals surface area contributed by atoms with Gasteiger partial charge in [0.25, 0.3) is 7.82 Å². The van der Waals surface area contributed by atoms with Crippen LogP contribution in [0.2, 0.25) is 0 Å². The van der Waals surface area contributed by atoms with Gasteiger partial charge in [-0.15, -0.1) is 0 Å². The molecule has 0 spiro atoms. The first-order valence-corrected chi connectivity index (χ1v) is 18.4. The van der Waals surface area contributed by atoms with Crippen LogP contribution in [0.25, 0.3) is 0 Å². The van der Waals surface area contributed by atoms with E-state index < -0.39 is 19.5 Å². The molecule has 1 saturated heterocycles. The average molecular weight is 619 g/mol. The summed E-state index contributed by atoms with van der Waals surface area (Å²) >= 11 is 1.51. The molecule has 9 nitrogen and oxygen atoms in total. The SMILES string of the molecule is CCCCCCCCCCCCCCCCCCNC(=O)OC[C@@]1(COP(=O)([O-])OCC[n+]2ccsc2)CCCO1. The number of unbranched alkanes of at least 4 members (excludes halogenated alkanes) is 15. The van der Waals surface area contributed by atoms with Gasteiger partial charge in [0.05, 0.1) is 12.0 Å². The summed E-state index contributed by atoms with van der Waals surface area (Å²) in [5.74, 6) is 0. The molecule has 1 aliphatic heterocycles. The molecule has 1 unspecified atom stereocenters. The van der Waals surface area contributed by atoms with Gasteiger partial charge in [0.2, 0.25) is 5.51 Å². The van der Waals surface area contributed by atoms with Crippen molar-refractivity contribution in [1.29, 1.82) is 0 Å². The molecule has 1 aliphatic rings. The zero-order valence-electron chi connectivity index (χ0n) is 25.4. The van der Waals surface area contributed by atoms with E-state index in [1.165, 1.54) is 101 Å². The maximum atomic E-state index is 12.2. The summed E-state index contributed by atoms with van der Waals surface area (Å²) < 4.78 is 35.2. The summed E-state index contributed by atoms with van der Waals surface area (Å²) in [6, 6.07) is 0. The van der Waals surface area contributed by atoms with Crippen molar-refractivity contribution >= 4 is 25.3 Å². The topological polar surface area (TPSA) is 110 Å². The molecule has 0 bridgehead atoms. The van der Waals surface area contributed by atoms with Gasteiger partial charge < -0.3 is 28.7 Å². The van der Waals surface area contributed by atoms with E-state index in [2.05, 4.69) is 12.2 Å². The third kappa shape index (κ3) is 18.3. The maximum Gasteiger partial charge on any atom is 0.407 e. The van der Waals surface area contributed by atoms with E-state index in [0.29, 0.717) is 26.1 Å². The Morgan fingerprint density at radius 1 is 0.951 bits per heavy atom. The average Bonchev–Trinajstić information content (AvgIpc) is 3.66. The summed E-state index contributed by atoms with van der Waals surface area (Å²) in [6.07, 6.45) is 23.6. The molecule has 1 amide bonds. The number of thiazole rings is 1.